The van der Waals surface area contributed by atoms with Crippen molar-refractivity contribution in [2.45, 2.75) is 19.3 Å². The molecule has 1 heterocycles. The number of hydrogen-bond donors (Lipinski definition) is 1. The zero-order valence-electron chi connectivity index (χ0n) is 9.96. The summed E-state index contributed by atoms with van der Waals surface area (Å²) in [5, 5.41) is 10.2. The number of carboxylic acids is 1. The Bertz CT molecular complexity index is 591. The number of carboxylic acid groups (broad SMARTS) is 1. The fraction of sp³-hybridized carbons (Fsp3) is 0.286. The molecule has 2 aromatic rings. The van der Waals surface area contributed by atoms with Crippen LogP contribution in [0.25, 0.3) is 11.3 Å². The summed E-state index contributed by atoms with van der Waals surface area (Å²) < 4.78 is 0. The molecule has 2 atom stereocenters. The summed E-state index contributed by atoms with van der Waals surface area (Å²) in [6.45, 7) is 2.18. The molecule has 0 aliphatic heterocycles. The van der Waals surface area contributed by atoms with Gasteiger partial charge in [-0.2, -0.15) is 0 Å². The minimum Gasteiger partial charge on any atom is -0.477 e. The largest absolute Gasteiger partial charge is 0.477 e. The van der Waals surface area contributed by atoms with Gasteiger partial charge in [0.1, 0.15) is 4.88 Å². The summed E-state index contributed by atoms with van der Waals surface area (Å²) in [5.74, 6) is 0.220. The van der Waals surface area contributed by atoms with Crippen LogP contribution >= 0.6 is 11.3 Å². The molecular weight excluding hydrogens is 246 g/mol. The van der Waals surface area contributed by atoms with Gasteiger partial charge in [0.05, 0.1) is 10.7 Å². The number of aromatic nitrogens is 1. The lowest BCUT2D eigenvalue weighted by atomic mass is 10.1. The van der Waals surface area contributed by atoms with Crippen LogP contribution in [0.1, 0.15) is 33.9 Å². The van der Waals surface area contributed by atoms with Crippen molar-refractivity contribution in [1.82, 2.24) is 4.98 Å². The van der Waals surface area contributed by atoms with Crippen LogP contribution in [0.4, 0.5) is 0 Å². The lowest BCUT2D eigenvalue weighted by Gasteiger charge is -1.97. The number of thiazole rings is 1. The highest BCUT2D eigenvalue weighted by molar-refractivity contribution is 7.14. The second-order valence-electron chi connectivity index (χ2n) is 4.72. The Morgan fingerprint density at radius 1 is 1.39 bits per heavy atom. The smallest absolute Gasteiger partial charge is 0.348 e. The van der Waals surface area contributed by atoms with Gasteiger partial charge < -0.3 is 5.11 Å². The molecule has 3 rings (SSSR count). The van der Waals surface area contributed by atoms with Crippen LogP contribution in [-0.2, 0) is 0 Å². The molecule has 18 heavy (non-hydrogen) atoms. The second-order valence-corrected chi connectivity index (χ2v) is 5.75. The molecule has 4 heteroatoms. The van der Waals surface area contributed by atoms with Gasteiger partial charge in [-0.1, -0.05) is 37.3 Å². The van der Waals surface area contributed by atoms with Gasteiger partial charge in [0.2, 0.25) is 0 Å². The number of rotatable bonds is 3. The minimum absolute atomic E-state index is 0.357. The van der Waals surface area contributed by atoms with Crippen LogP contribution in [0.15, 0.2) is 30.3 Å². The highest BCUT2D eigenvalue weighted by atomic mass is 32.1. The number of aromatic carboxylic acids is 1. The average Bonchev–Trinajstić information content (AvgIpc) is 2.94. The maximum Gasteiger partial charge on any atom is 0.348 e. The van der Waals surface area contributed by atoms with Crippen molar-refractivity contribution in [3.63, 3.8) is 0 Å². The second kappa shape index (κ2) is 4.21. The van der Waals surface area contributed by atoms with Gasteiger partial charge in [-0.15, -0.1) is 11.3 Å². The summed E-state index contributed by atoms with van der Waals surface area (Å²) in [6.07, 6.45) is 1.13. The molecule has 0 radical (unpaired) electrons. The van der Waals surface area contributed by atoms with Gasteiger partial charge >= 0.3 is 5.97 Å². The normalized spacial score (nSPS) is 21.8. The molecule has 1 N–H and O–H groups in total. The van der Waals surface area contributed by atoms with Crippen LogP contribution < -0.4 is 0 Å². The van der Waals surface area contributed by atoms with Gasteiger partial charge in [0.25, 0.3) is 0 Å². The van der Waals surface area contributed by atoms with Crippen molar-refractivity contribution < 1.29 is 9.90 Å². The van der Waals surface area contributed by atoms with Gasteiger partial charge in [-0.25, -0.2) is 9.78 Å². The molecule has 1 aromatic carbocycles. The Balaban J connectivity index is 2.07. The van der Waals surface area contributed by atoms with Crippen molar-refractivity contribution in [2.24, 2.45) is 5.92 Å². The monoisotopic (exact) mass is 259 g/mol. The van der Waals surface area contributed by atoms with E-state index >= 15 is 0 Å². The first-order valence-corrected chi connectivity index (χ1v) is 6.78. The molecule has 0 spiro atoms. The Morgan fingerprint density at radius 3 is 2.61 bits per heavy atom. The van der Waals surface area contributed by atoms with Crippen LogP contribution in [0.2, 0.25) is 0 Å². The zero-order chi connectivity index (χ0) is 12.7. The van der Waals surface area contributed by atoms with Gasteiger partial charge in [-0.05, 0) is 12.3 Å². The van der Waals surface area contributed by atoms with E-state index in [0.29, 0.717) is 22.4 Å². The highest BCUT2D eigenvalue weighted by Gasteiger charge is 2.38. The van der Waals surface area contributed by atoms with Gasteiger partial charge in [0.15, 0.2) is 0 Å². The summed E-state index contributed by atoms with van der Waals surface area (Å²) in [4.78, 5) is 16.2. The third-order valence-corrected chi connectivity index (χ3v) is 4.49. The Labute approximate surface area is 109 Å². The van der Waals surface area contributed by atoms with Crippen LogP contribution in [-0.4, -0.2) is 16.1 Å². The van der Waals surface area contributed by atoms with E-state index in [4.69, 9.17) is 0 Å². The predicted octanol–water partition coefficient (Wildman–Crippen LogP) is 3.63. The summed E-state index contributed by atoms with van der Waals surface area (Å²) in [7, 11) is 0. The van der Waals surface area contributed by atoms with Gasteiger partial charge in [0, 0.05) is 11.5 Å². The molecule has 0 saturated heterocycles. The number of nitrogens with zero attached hydrogens (tertiary/aromatic N) is 1. The van der Waals surface area contributed by atoms with Gasteiger partial charge in [-0.3, -0.25) is 0 Å². The number of hydrogen-bond acceptors (Lipinski definition) is 3. The number of benzene rings is 1. The first-order valence-electron chi connectivity index (χ1n) is 5.96. The van der Waals surface area contributed by atoms with Crippen molar-refractivity contribution in [1.29, 1.82) is 0 Å². The molecular formula is C14H13NO2S. The molecule has 1 saturated carbocycles. The molecule has 1 fully saturated rings. The van der Waals surface area contributed by atoms with Crippen LogP contribution in [0.5, 0.6) is 0 Å². The van der Waals surface area contributed by atoms with E-state index in [2.05, 4.69) is 11.9 Å². The lowest BCUT2D eigenvalue weighted by molar-refractivity contribution is 0.0702. The van der Waals surface area contributed by atoms with E-state index in [1.165, 1.54) is 11.3 Å². The molecule has 0 amide bonds. The summed E-state index contributed by atoms with van der Waals surface area (Å²) in [5.41, 5.74) is 1.49. The molecule has 1 aromatic heterocycles. The van der Waals surface area contributed by atoms with E-state index in [1.54, 1.807) is 0 Å². The first-order chi connectivity index (χ1) is 8.66. The Hall–Kier alpha value is -1.68. The maximum atomic E-state index is 11.3. The van der Waals surface area contributed by atoms with Crippen molar-refractivity contribution in [3.05, 3.63) is 40.2 Å². The summed E-state index contributed by atoms with van der Waals surface area (Å²) >= 11 is 1.33. The van der Waals surface area contributed by atoms with E-state index < -0.39 is 5.97 Å². The van der Waals surface area contributed by atoms with E-state index in [9.17, 15) is 9.90 Å². The topological polar surface area (TPSA) is 50.2 Å². The molecule has 1 aliphatic rings. The average molecular weight is 259 g/mol. The third-order valence-electron chi connectivity index (χ3n) is 3.31. The Morgan fingerprint density at radius 2 is 2.06 bits per heavy atom. The predicted molar refractivity (Wildman–Crippen MR) is 71.0 cm³/mol. The molecule has 0 bridgehead atoms. The van der Waals surface area contributed by atoms with Crippen molar-refractivity contribution >= 4 is 17.3 Å². The molecule has 1 aliphatic carbocycles. The summed E-state index contributed by atoms with van der Waals surface area (Å²) in [6, 6.07) is 9.53. The van der Waals surface area contributed by atoms with E-state index in [0.717, 1.165) is 17.0 Å². The molecule has 92 valence electrons. The maximum absolute atomic E-state index is 11.3. The minimum atomic E-state index is -0.883. The first kappa shape index (κ1) is 11.4. The third kappa shape index (κ3) is 1.93. The van der Waals surface area contributed by atoms with Crippen LogP contribution in [0, 0.1) is 5.92 Å². The lowest BCUT2D eigenvalue weighted by Crippen LogP contribution is -1.95. The van der Waals surface area contributed by atoms with E-state index in [-0.39, 0.29) is 0 Å². The van der Waals surface area contributed by atoms with Crippen molar-refractivity contribution in [2.75, 3.05) is 0 Å². The fourth-order valence-corrected chi connectivity index (χ4v) is 3.27. The highest BCUT2D eigenvalue weighted by Crippen LogP contribution is 2.49. The van der Waals surface area contributed by atoms with Crippen LogP contribution in [0.3, 0.4) is 0 Å². The zero-order valence-corrected chi connectivity index (χ0v) is 10.8. The Kier molecular flexibility index (Phi) is 2.67. The SMILES string of the molecule is CC1CC1c1nc(-c2ccccc2)c(C(=O)O)s1. The standard InChI is InChI=1S/C14H13NO2S/c1-8-7-10(8)13-15-11(12(18-13)14(16)17)9-5-3-2-4-6-9/h2-6,8,10H,7H2,1H3,(H,16,17). The van der Waals surface area contributed by atoms with E-state index in [1.807, 2.05) is 30.3 Å². The molecule has 2 unspecified atom stereocenters. The quantitative estimate of drug-likeness (QED) is 0.915. The van der Waals surface area contributed by atoms with Crippen molar-refractivity contribution in [3.8, 4) is 11.3 Å². The fourth-order valence-electron chi connectivity index (χ4n) is 2.10. The number of carbonyl (C=O) groups is 1. The molecule has 3 nitrogen and oxygen atoms in total.